The molecule has 0 radical (unpaired) electrons. The first-order valence-electron chi connectivity index (χ1n) is 5.63. The summed E-state index contributed by atoms with van der Waals surface area (Å²) in [6.45, 7) is 1.25. The highest BCUT2D eigenvalue weighted by molar-refractivity contribution is 9.10. The molecule has 0 aromatic carbocycles. The smallest absolute Gasteiger partial charge is 0.326 e. The van der Waals surface area contributed by atoms with Gasteiger partial charge >= 0.3 is 6.03 Å². The van der Waals surface area contributed by atoms with Crippen molar-refractivity contribution in [3.63, 3.8) is 0 Å². The molecule has 0 spiro atoms. The minimum Gasteiger partial charge on any atom is -0.394 e. The lowest BCUT2D eigenvalue weighted by molar-refractivity contribution is -0.125. The number of aliphatic hydroxyl groups excluding tert-OH is 1. The molecule has 102 valence electrons. The van der Waals surface area contributed by atoms with Crippen molar-refractivity contribution in [1.29, 1.82) is 0 Å². The minimum absolute atomic E-state index is 0.00308. The van der Waals surface area contributed by atoms with Crippen LogP contribution in [0.2, 0.25) is 0 Å². The van der Waals surface area contributed by atoms with Gasteiger partial charge in [0, 0.05) is 6.42 Å². The topological polar surface area (TPSA) is 78.9 Å². The lowest BCUT2D eigenvalue weighted by atomic mass is 10.1. The fourth-order valence-corrected chi connectivity index (χ4v) is 2.57. The second-order valence-electron chi connectivity index (χ2n) is 4.41. The second kappa shape index (κ2) is 5.10. The molecule has 0 saturated carbocycles. The molecule has 2 aliphatic rings. The maximum Gasteiger partial charge on any atom is 0.326 e. The van der Waals surface area contributed by atoms with E-state index >= 15 is 0 Å². The molecule has 6 nitrogen and oxygen atoms in total. The van der Waals surface area contributed by atoms with Crippen molar-refractivity contribution < 1.29 is 23.8 Å². The van der Waals surface area contributed by atoms with Crippen LogP contribution < -0.4 is 5.32 Å². The van der Waals surface area contributed by atoms with E-state index in [1.165, 1.54) is 4.90 Å². The van der Waals surface area contributed by atoms with Gasteiger partial charge in [-0.3, -0.25) is 15.0 Å². The molecule has 5 unspecified atom stereocenters. The Balaban J connectivity index is 2.13. The number of carbonyl (C=O) groups is 2. The molecule has 18 heavy (non-hydrogen) atoms. The standard InChI is InChI=1S/C10H14BrFN2O4/c1-4-8(11)9(16)13-10(17)14(4)7-2-5(12)6(3-15)18-7/h4-8,15H,2-3H2,1H3,(H,13,16,17). The maximum atomic E-state index is 13.5. The predicted octanol–water partition coefficient (Wildman–Crippen LogP) is 0.136. The van der Waals surface area contributed by atoms with E-state index in [1.807, 2.05) is 0 Å². The number of nitrogens with zero attached hydrogens (tertiary/aromatic N) is 1. The number of imide groups is 1. The van der Waals surface area contributed by atoms with Gasteiger partial charge in [-0.25, -0.2) is 9.18 Å². The average molecular weight is 325 g/mol. The largest absolute Gasteiger partial charge is 0.394 e. The number of rotatable bonds is 2. The second-order valence-corrected chi connectivity index (χ2v) is 5.39. The van der Waals surface area contributed by atoms with E-state index in [1.54, 1.807) is 6.92 Å². The van der Waals surface area contributed by atoms with E-state index in [0.29, 0.717) is 0 Å². The average Bonchev–Trinajstić information content (AvgIpc) is 2.67. The number of ether oxygens (including phenoxy) is 1. The maximum absolute atomic E-state index is 13.5. The number of amides is 3. The van der Waals surface area contributed by atoms with Crippen LogP contribution in [0.3, 0.4) is 0 Å². The van der Waals surface area contributed by atoms with Gasteiger partial charge in [0.2, 0.25) is 5.91 Å². The van der Waals surface area contributed by atoms with Gasteiger partial charge in [-0.1, -0.05) is 15.9 Å². The fourth-order valence-electron chi connectivity index (χ4n) is 2.20. The molecular formula is C10H14BrFN2O4. The number of nitrogens with one attached hydrogen (secondary N) is 1. The molecule has 2 heterocycles. The van der Waals surface area contributed by atoms with Gasteiger partial charge in [0.1, 0.15) is 23.3 Å². The van der Waals surface area contributed by atoms with Crippen LogP contribution in [0, 0.1) is 0 Å². The summed E-state index contributed by atoms with van der Waals surface area (Å²) in [7, 11) is 0. The van der Waals surface area contributed by atoms with E-state index in [-0.39, 0.29) is 6.42 Å². The molecule has 2 aliphatic heterocycles. The van der Waals surface area contributed by atoms with E-state index in [2.05, 4.69) is 21.2 Å². The summed E-state index contributed by atoms with van der Waals surface area (Å²) < 4.78 is 18.8. The fraction of sp³-hybridized carbons (Fsp3) is 0.800. The lowest BCUT2D eigenvalue weighted by Gasteiger charge is -2.39. The van der Waals surface area contributed by atoms with Crippen molar-refractivity contribution in [1.82, 2.24) is 10.2 Å². The number of urea groups is 1. The monoisotopic (exact) mass is 324 g/mol. The molecule has 0 aromatic rings. The Morgan fingerprint density at radius 3 is 2.83 bits per heavy atom. The van der Waals surface area contributed by atoms with Crippen LogP contribution >= 0.6 is 15.9 Å². The molecule has 0 bridgehead atoms. The highest BCUT2D eigenvalue weighted by atomic mass is 79.9. The van der Waals surface area contributed by atoms with Gasteiger partial charge < -0.3 is 9.84 Å². The van der Waals surface area contributed by atoms with Crippen LogP contribution in [0.5, 0.6) is 0 Å². The summed E-state index contributed by atoms with van der Waals surface area (Å²) in [5.74, 6) is -0.419. The number of halogens is 2. The number of alkyl halides is 2. The molecular weight excluding hydrogens is 311 g/mol. The van der Waals surface area contributed by atoms with Crippen LogP contribution in [0.1, 0.15) is 13.3 Å². The third-order valence-corrected chi connectivity index (χ3v) is 4.41. The van der Waals surface area contributed by atoms with Crippen LogP contribution in [0.15, 0.2) is 0 Å². The summed E-state index contributed by atoms with van der Waals surface area (Å²) in [6.07, 6.45) is -3.00. The van der Waals surface area contributed by atoms with Crippen molar-refractivity contribution in [2.45, 2.75) is 42.7 Å². The zero-order valence-electron chi connectivity index (χ0n) is 9.68. The van der Waals surface area contributed by atoms with E-state index in [9.17, 15) is 14.0 Å². The van der Waals surface area contributed by atoms with E-state index in [0.717, 1.165) is 0 Å². The predicted molar refractivity (Wildman–Crippen MR) is 62.8 cm³/mol. The molecule has 2 N–H and O–H groups in total. The Bertz CT molecular complexity index is 370. The Morgan fingerprint density at radius 1 is 1.61 bits per heavy atom. The number of aliphatic hydroxyl groups is 1. The van der Waals surface area contributed by atoms with Crippen molar-refractivity contribution in [3.05, 3.63) is 0 Å². The van der Waals surface area contributed by atoms with E-state index in [4.69, 9.17) is 9.84 Å². The van der Waals surface area contributed by atoms with Gasteiger partial charge in [-0.15, -0.1) is 0 Å². The zero-order chi connectivity index (χ0) is 13.4. The highest BCUT2D eigenvalue weighted by Crippen LogP contribution is 2.30. The Kier molecular flexibility index (Phi) is 3.88. The van der Waals surface area contributed by atoms with Crippen molar-refractivity contribution in [2.75, 3.05) is 6.61 Å². The molecule has 0 aliphatic carbocycles. The van der Waals surface area contributed by atoms with Crippen LogP contribution in [0.4, 0.5) is 9.18 Å². The van der Waals surface area contributed by atoms with Crippen molar-refractivity contribution in [2.24, 2.45) is 0 Å². The third kappa shape index (κ3) is 2.24. The molecule has 2 fully saturated rings. The number of hydrogen-bond donors (Lipinski definition) is 2. The molecule has 2 saturated heterocycles. The van der Waals surface area contributed by atoms with Gasteiger partial charge in [-0.05, 0) is 6.92 Å². The Hall–Kier alpha value is -0.730. The first-order valence-corrected chi connectivity index (χ1v) is 6.55. The molecule has 0 aromatic heterocycles. The minimum atomic E-state index is -1.31. The molecule has 2 rings (SSSR count). The third-order valence-electron chi connectivity index (χ3n) is 3.23. The molecule has 3 amide bonds. The summed E-state index contributed by atoms with van der Waals surface area (Å²) in [6, 6.07) is -1.04. The SMILES string of the molecule is CC1C(Br)C(=O)NC(=O)N1C1CC(F)C(CO)O1. The lowest BCUT2D eigenvalue weighted by Crippen LogP contribution is -2.62. The summed E-state index contributed by atoms with van der Waals surface area (Å²) in [4.78, 5) is 23.9. The first-order chi connectivity index (χ1) is 8.45. The molecule has 5 atom stereocenters. The molecule has 8 heteroatoms. The van der Waals surface area contributed by atoms with Gasteiger partial charge in [0.05, 0.1) is 12.6 Å². The van der Waals surface area contributed by atoms with Crippen molar-refractivity contribution in [3.8, 4) is 0 Å². The Morgan fingerprint density at radius 2 is 2.28 bits per heavy atom. The summed E-state index contributed by atoms with van der Waals surface area (Å²) in [5.41, 5.74) is 0. The number of hydrogen-bond acceptors (Lipinski definition) is 4. The van der Waals surface area contributed by atoms with E-state index < -0.39 is 47.9 Å². The zero-order valence-corrected chi connectivity index (χ0v) is 11.3. The Labute approximate surface area is 112 Å². The number of carbonyl (C=O) groups excluding carboxylic acids is 2. The van der Waals surface area contributed by atoms with Gasteiger partial charge in [-0.2, -0.15) is 0 Å². The first kappa shape index (κ1) is 13.7. The highest BCUT2D eigenvalue weighted by Gasteiger charge is 2.46. The summed E-state index contributed by atoms with van der Waals surface area (Å²) >= 11 is 3.18. The van der Waals surface area contributed by atoms with Crippen LogP contribution in [0.25, 0.3) is 0 Å². The van der Waals surface area contributed by atoms with Crippen molar-refractivity contribution >= 4 is 27.9 Å². The normalized spacial score (nSPS) is 41.1. The van der Waals surface area contributed by atoms with Crippen LogP contribution in [-0.4, -0.2) is 57.9 Å². The van der Waals surface area contributed by atoms with Gasteiger partial charge in [0.15, 0.2) is 0 Å². The van der Waals surface area contributed by atoms with Crippen LogP contribution in [-0.2, 0) is 9.53 Å². The van der Waals surface area contributed by atoms with Gasteiger partial charge in [0.25, 0.3) is 0 Å². The summed E-state index contributed by atoms with van der Waals surface area (Å²) in [5, 5.41) is 11.1. The quantitative estimate of drug-likeness (QED) is 0.708.